The van der Waals surface area contributed by atoms with E-state index >= 15 is 0 Å². The van der Waals surface area contributed by atoms with E-state index in [-0.39, 0.29) is 0 Å². The molecule has 0 spiro atoms. The third kappa shape index (κ3) is 2.65. The van der Waals surface area contributed by atoms with E-state index in [0.717, 1.165) is 22.6 Å². The highest BCUT2D eigenvalue weighted by Crippen LogP contribution is 2.38. The molecule has 3 aromatic heterocycles. The molecule has 21 heavy (non-hydrogen) atoms. The van der Waals surface area contributed by atoms with Gasteiger partial charge in [-0.3, -0.25) is 0 Å². The van der Waals surface area contributed by atoms with E-state index < -0.39 is 0 Å². The molecule has 3 heterocycles. The van der Waals surface area contributed by atoms with Gasteiger partial charge in [-0.15, -0.1) is 22.7 Å². The van der Waals surface area contributed by atoms with Crippen molar-refractivity contribution in [3.05, 3.63) is 38.6 Å². The zero-order chi connectivity index (χ0) is 14.4. The molecule has 0 amide bonds. The second kappa shape index (κ2) is 5.23. The minimum Gasteiger partial charge on any atom is -0.348 e. The van der Waals surface area contributed by atoms with Crippen molar-refractivity contribution >= 4 is 50.3 Å². The van der Waals surface area contributed by atoms with E-state index in [0.29, 0.717) is 11.3 Å². The fraction of sp³-hybridized carbons (Fsp3) is 0.333. The molecular formula is C15H14ClN3S2. The summed E-state index contributed by atoms with van der Waals surface area (Å²) >= 11 is 9.61. The summed E-state index contributed by atoms with van der Waals surface area (Å²) in [4.78, 5) is 14.9. The lowest BCUT2D eigenvalue weighted by Crippen LogP contribution is -2.25. The van der Waals surface area contributed by atoms with Crippen molar-refractivity contribution in [3.8, 4) is 0 Å². The average Bonchev–Trinajstić information content (AvgIpc) is 3.01. The summed E-state index contributed by atoms with van der Waals surface area (Å²) in [7, 11) is 0. The Morgan fingerprint density at radius 2 is 2.24 bits per heavy atom. The van der Waals surface area contributed by atoms with Gasteiger partial charge < -0.3 is 4.90 Å². The van der Waals surface area contributed by atoms with Crippen LogP contribution in [-0.2, 0) is 6.54 Å². The fourth-order valence-corrected chi connectivity index (χ4v) is 4.35. The lowest BCUT2D eigenvalue weighted by Gasteiger charge is -2.23. The molecule has 1 saturated carbocycles. The average molecular weight is 336 g/mol. The van der Waals surface area contributed by atoms with Gasteiger partial charge in [0.15, 0.2) is 0 Å². The number of anilines is 1. The molecule has 0 N–H and O–H groups in total. The summed E-state index contributed by atoms with van der Waals surface area (Å²) in [6.45, 7) is 3.00. The maximum Gasteiger partial charge on any atom is 0.225 e. The van der Waals surface area contributed by atoms with Crippen LogP contribution in [0.1, 0.15) is 22.6 Å². The third-order valence-electron chi connectivity index (χ3n) is 3.63. The van der Waals surface area contributed by atoms with Gasteiger partial charge in [0, 0.05) is 15.8 Å². The first-order valence-corrected chi connectivity index (χ1v) is 9.01. The van der Waals surface area contributed by atoms with E-state index in [2.05, 4.69) is 45.4 Å². The van der Waals surface area contributed by atoms with Gasteiger partial charge >= 0.3 is 0 Å². The molecule has 3 aromatic rings. The van der Waals surface area contributed by atoms with Crippen molar-refractivity contribution < 1.29 is 0 Å². The molecule has 1 aliphatic carbocycles. The van der Waals surface area contributed by atoms with Crippen LogP contribution in [0.5, 0.6) is 0 Å². The third-order valence-corrected chi connectivity index (χ3v) is 5.61. The lowest BCUT2D eigenvalue weighted by atomic mass is 10.3. The van der Waals surface area contributed by atoms with Crippen molar-refractivity contribution in [1.29, 1.82) is 0 Å². The maximum absolute atomic E-state index is 6.14. The van der Waals surface area contributed by atoms with Gasteiger partial charge in [-0.2, -0.15) is 4.98 Å². The Hall–Kier alpha value is -1.17. The number of aromatic nitrogens is 2. The number of thiophene rings is 2. The van der Waals surface area contributed by atoms with Gasteiger partial charge in [0.1, 0.15) is 10.6 Å². The van der Waals surface area contributed by atoms with Gasteiger partial charge in [0.2, 0.25) is 5.28 Å². The first-order chi connectivity index (χ1) is 10.2. The van der Waals surface area contributed by atoms with Crippen LogP contribution in [0.4, 0.5) is 5.82 Å². The Bertz CT molecular complexity index is 778. The predicted molar refractivity (Wildman–Crippen MR) is 90.7 cm³/mol. The van der Waals surface area contributed by atoms with Crippen LogP contribution >= 0.6 is 34.3 Å². The molecule has 4 rings (SSSR count). The largest absolute Gasteiger partial charge is 0.348 e. The van der Waals surface area contributed by atoms with Gasteiger partial charge in [-0.1, -0.05) is 6.07 Å². The minimum absolute atomic E-state index is 0.344. The second-order valence-corrected chi connectivity index (χ2v) is 7.94. The SMILES string of the molecule is Cc1cc2c(N(Cc3cccs3)C3CC3)nc(Cl)nc2s1. The zero-order valence-electron chi connectivity index (χ0n) is 11.5. The molecule has 3 nitrogen and oxygen atoms in total. The highest BCUT2D eigenvalue weighted by molar-refractivity contribution is 7.18. The monoisotopic (exact) mass is 335 g/mol. The summed E-state index contributed by atoms with van der Waals surface area (Å²) in [5, 5.41) is 3.60. The molecule has 1 fully saturated rings. The highest BCUT2D eigenvalue weighted by Gasteiger charge is 2.32. The Labute approximate surface area is 136 Å². The number of rotatable bonds is 4. The van der Waals surface area contributed by atoms with Crippen LogP contribution in [-0.4, -0.2) is 16.0 Å². The van der Waals surface area contributed by atoms with E-state index in [1.165, 1.54) is 22.6 Å². The van der Waals surface area contributed by atoms with Gasteiger partial charge in [-0.25, -0.2) is 4.98 Å². The molecule has 0 radical (unpaired) electrons. The molecule has 0 saturated heterocycles. The topological polar surface area (TPSA) is 29.0 Å². The Morgan fingerprint density at radius 3 is 2.95 bits per heavy atom. The van der Waals surface area contributed by atoms with Crippen molar-refractivity contribution in [2.24, 2.45) is 0 Å². The van der Waals surface area contributed by atoms with Crippen LogP contribution in [0.15, 0.2) is 23.6 Å². The van der Waals surface area contributed by atoms with Crippen LogP contribution < -0.4 is 4.90 Å². The number of hydrogen-bond acceptors (Lipinski definition) is 5. The minimum atomic E-state index is 0.344. The quantitative estimate of drug-likeness (QED) is 0.636. The number of nitrogens with zero attached hydrogens (tertiary/aromatic N) is 3. The van der Waals surface area contributed by atoms with Crippen molar-refractivity contribution in [3.63, 3.8) is 0 Å². The lowest BCUT2D eigenvalue weighted by molar-refractivity contribution is 0.789. The molecule has 0 aliphatic heterocycles. The molecule has 108 valence electrons. The fourth-order valence-electron chi connectivity index (χ4n) is 2.55. The zero-order valence-corrected chi connectivity index (χ0v) is 13.9. The summed E-state index contributed by atoms with van der Waals surface area (Å²) in [5.41, 5.74) is 0. The first-order valence-electron chi connectivity index (χ1n) is 6.93. The van der Waals surface area contributed by atoms with Crippen LogP contribution in [0.2, 0.25) is 5.28 Å². The van der Waals surface area contributed by atoms with Crippen molar-refractivity contribution in [1.82, 2.24) is 9.97 Å². The molecule has 0 atom stereocenters. The van der Waals surface area contributed by atoms with E-state index in [1.807, 2.05) is 0 Å². The van der Waals surface area contributed by atoms with Gasteiger partial charge in [-0.05, 0) is 48.9 Å². The predicted octanol–water partition coefficient (Wildman–Crippen LogP) is 4.88. The molecular weight excluding hydrogens is 322 g/mol. The summed E-state index contributed by atoms with van der Waals surface area (Å²) in [6, 6.07) is 7.04. The summed E-state index contributed by atoms with van der Waals surface area (Å²) in [5.74, 6) is 0.991. The van der Waals surface area contributed by atoms with Crippen LogP contribution in [0.3, 0.4) is 0 Å². The molecule has 6 heteroatoms. The highest BCUT2D eigenvalue weighted by atomic mass is 35.5. The van der Waals surface area contributed by atoms with E-state index in [4.69, 9.17) is 11.6 Å². The molecule has 0 bridgehead atoms. The second-order valence-electron chi connectivity index (χ2n) is 5.33. The Kier molecular flexibility index (Phi) is 3.36. The van der Waals surface area contributed by atoms with Crippen molar-refractivity contribution in [2.75, 3.05) is 4.90 Å². The Morgan fingerprint density at radius 1 is 1.38 bits per heavy atom. The first kappa shape index (κ1) is 13.5. The molecule has 1 aliphatic rings. The van der Waals surface area contributed by atoms with Crippen LogP contribution in [0.25, 0.3) is 10.2 Å². The van der Waals surface area contributed by atoms with Crippen molar-refractivity contribution in [2.45, 2.75) is 32.4 Å². The smallest absolute Gasteiger partial charge is 0.225 e. The number of aryl methyl sites for hydroxylation is 1. The van der Waals surface area contributed by atoms with Gasteiger partial charge in [0.05, 0.1) is 11.9 Å². The molecule has 0 unspecified atom stereocenters. The van der Waals surface area contributed by atoms with Crippen LogP contribution in [0, 0.1) is 6.92 Å². The maximum atomic E-state index is 6.14. The Balaban J connectivity index is 1.81. The number of hydrogen-bond donors (Lipinski definition) is 0. The summed E-state index contributed by atoms with van der Waals surface area (Å²) in [6.07, 6.45) is 2.47. The number of halogens is 1. The standard InChI is InChI=1S/C15H14ClN3S2/c1-9-7-12-13(17-15(16)18-14(12)21-9)19(10-4-5-10)8-11-3-2-6-20-11/h2-3,6-7,10H,4-5,8H2,1H3. The molecule has 0 aromatic carbocycles. The van der Waals surface area contributed by atoms with E-state index in [9.17, 15) is 0 Å². The van der Waals surface area contributed by atoms with Gasteiger partial charge in [0.25, 0.3) is 0 Å². The van der Waals surface area contributed by atoms with E-state index in [1.54, 1.807) is 22.7 Å². The summed E-state index contributed by atoms with van der Waals surface area (Å²) < 4.78 is 0. The normalized spacial score (nSPS) is 14.8. The number of fused-ring (bicyclic) bond motifs is 1.